The molecule has 0 aromatic carbocycles. The third-order valence-corrected chi connectivity index (χ3v) is 9.38. The standard InChI is InChI=1S/C43H75NO4/c1-2-3-4-5-6-7-8-9-11-16-19-22-25-28-31-36-43(47)48-40-41(39-44-37-32-33-38-44)34-29-26-23-20-17-14-12-10-13-15-18-21-24-27-30-35-42(45)46/h6-7,9-11,13-14,17,41H,2-5,8,12,15-16,18-40H2,1H3,(H,45,46). The Hall–Kier alpha value is -2.14. The van der Waals surface area contributed by atoms with Gasteiger partial charge < -0.3 is 14.7 Å². The van der Waals surface area contributed by atoms with Gasteiger partial charge in [0.25, 0.3) is 0 Å². The first-order valence-corrected chi connectivity index (χ1v) is 20.3. The number of carboxylic acids is 1. The van der Waals surface area contributed by atoms with E-state index in [9.17, 15) is 9.59 Å². The molecular formula is C43H75NO4. The van der Waals surface area contributed by atoms with E-state index in [1.54, 1.807) is 0 Å². The van der Waals surface area contributed by atoms with E-state index in [4.69, 9.17) is 9.84 Å². The van der Waals surface area contributed by atoms with Crippen LogP contribution in [0.3, 0.4) is 0 Å². The van der Waals surface area contributed by atoms with Gasteiger partial charge in [0.2, 0.25) is 0 Å². The number of unbranched alkanes of at least 4 members (excludes halogenated alkanes) is 16. The number of esters is 1. The fourth-order valence-electron chi connectivity index (χ4n) is 6.37. The van der Waals surface area contributed by atoms with Gasteiger partial charge in [-0.2, -0.15) is 0 Å². The zero-order valence-corrected chi connectivity index (χ0v) is 31.2. The van der Waals surface area contributed by atoms with Crippen molar-refractivity contribution in [2.45, 2.75) is 180 Å². The number of allylic oxidation sites excluding steroid dienone is 8. The number of aliphatic carboxylic acids is 1. The maximum Gasteiger partial charge on any atom is 0.305 e. The Labute approximate surface area is 296 Å². The van der Waals surface area contributed by atoms with E-state index in [1.165, 1.54) is 109 Å². The minimum atomic E-state index is -0.680. The van der Waals surface area contributed by atoms with Crippen molar-refractivity contribution in [1.82, 2.24) is 4.90 Å². The predicted octanol–water partition coefficient (Wildman–Crippen LogP) is 12.3. The summed E-state index contributed by atoms with van der Waals surface area (Å²) in [4.78, 5) is 25.6. The van der Waals surface area contributed by atoms with Crippen molar-refractivity contribution in [3.05, 3.63) is 48.6 Å². The number of carbonyl (C=O) groups excluding carboxylic acids is 1. The Balaban J connectivity index is 2.05. The van der Waals surface area contributed by atoms with Crippen molar-refractivity contribution < 1.29 is 19.4 Å². The summed E-state index contributed by atoms with van der Waals surface area (Å²) in [7, 11) is 0. The van der Waals surface area contributed by atoms with Crippen molar-refractivity contribution in [3.8, 4) is 0 Å². The normalized spacial score (nSPS) is 14.8. The van der Waals surface area contributed by atoms with Crippen LogP contribution in [0.15, 0.2) is 48.6 Å². The van der Waals surface area contributed by atoms with E-state index in [0.29, 0.717) is 25.4 Å². The van der Waals surface area contributed by atoms with E-state index in [-0.39, 0.29) is 5.97 Å². The lowest BCUT2D eigenvalue weighted by molar-refractivity contribution is -0.145. The molecule has 1 saturated heterocycles. The Morgan fingerprint density at radius 3 is 1.58 bits per heavy atom. The monoisotopic (exact) mass is 670 g/mol. The van der Waals surface area contributed by atoms with Gasteiger partial charge in [0, 0.05) is 25.3 Å². The molecule has 0 bridgehead atoms. The van der Waals surface area contributed by atoms with Crippen LogP contribution in [0.4, 0.5) is 0 Å². The lowest BCUT2D eigenvalue weighted by Gasteiger charge is -2.23. The van der Waals surface area contributed by atoms with Gasteiger partial charge in [0.05, 0.1) is 6.61 Å². The van der Waals surface area contributed by atoms with Crippen molar-refractivity contribution >= 4 is 11.9 Å². The molecular weight excluding hydrogens is 594 g/mol. The predicted molar refractivity (Wildman–Crippen MR) is 205 cm³/mol. The van der Waals surface area contributed by atoms with Crippen LogP contribution in [0.2, 0.25) is 0 Å². The second-order valence-electron chi connectivity index (χ2n) is 14.1. The molecule has 0 aromatic rings. The van der Waals surface area contributed by atoms with Gasteiger partial charge in [-0.1, -0.05) is 120 Å². The molecule has 0 spiro atoms. The smallest absolute Gasteiger partial charge is 0.305 e. The fourth-order valence-corrected chi connectivity index (χ4v) is 6.37. The Kier molecular flexibility index (Phi) is 31.7. The van der Waals surface area contributed by atoms with Crippen molar-refractivity contribution in [1.29, 1.82) is 0 Å². The van der Waals surface area contributed by atoms with Crippen LogP contribution in [0.5, 0.6) is 0 Å². The molecule has 1 aliphatic rings. The quantitative estimate of drug-likeness (QED) is 0.0419. The fraction of sp³-hybridized carbons (Fsp3) is 0.767. The Morgan fingerprint density at radius 2 is 1.06 bits per heavy atom. The Bertz CT molecular complexity index is 855. The number of likely N-dealkylation sites (tertiary alicyclic amines) is 1. The average molecular weight is 670 g/mol. The summed E-state index contributed by atoms with van der Waals surface area (Å²) in [5, 5.41) is 8.67. The molecule has 0 radical (unpaired) electrons. The number of carboxylic acid groups (broad SMARTS) is 1. The van der Waals surface area contributed by atoms with Gasteiger partial charge in [-0.25, -0.2) is 0 Å². The van der Waals surface area contributed by atoms with Crippen molar-refractivity contribution in [3.63, 3.8) is 0 Å². The molecule has 1 atom stereocenters. The highest BCUT2D eigenvalue weighted by atomic mass is 16.5. The topological polar surface area (TPSA) is 66.8 Å². The van der Waals surface area contributed by atoms with Crippen LogP contribution in [0, 0.1) is 5.92 Å². The molecule has 276 valence electrons. The number of carbonyl (C=O) groups is 2. The van der Waals surface area contributed by atoms with E-state index in [2.05, 4.69) is 60.4 Å². The molecule has 0 amide bonds. The van der Waals surface area contributed by atoms with Crippen LogP contribution >= 0.6 is 0 Å². The summed E-state index contributed by atoms with van der Waals surface area (Å²) < 4.78 is 5.80. The molecule has 0 aliphatic carbocycles. The SMILES string of the molecule is CCCCCC=CCC=CCCCCCCCC(=O)OCC(CCCCCC=CCC=CCCCCCCCC(=O)O)CN1CCCC1. The largest absolute Gasteiger partial charge is 0.481 e. The molecule has 5 heteroatoms. The zero-order chi connectivity index (χ0) is 34.6. The summed E-state index contributed by atoms with van der Waals surface area (Å²) in [6.45, 7) is 6.32. The second-order valence-corrected chi connectivity index (χ2v) is 14.1. The molecule has 1 unspecified atom stereocenters. The number of hydrogen-bond acceptors (Lipinski definition) is 4. The van der Waals surface area contributed by atoms with E-state index in [0.717, 1.165) is 70.8 Å². The molecule has 1 rings (SSSR count). The van der Waals surface area contributed by atoms with Gasteiger partial charge in [-0.15, -0.1) is 0 Å². The summed E-state index contributed by atoms with van der Waals surface area (Å²) >= 11 is 0. The van der Waals surface area contributed by atoms with Gasteiger partial charge >= 0.3 is 11.9 Å². The van der Waals surface area contributed by atoms with Crippen LogP contribution in [-0.4, -0.2) is 48.2 Å². The summed E-state index contributed by atoms with van der Waals surface area (Å²) in [5.74, 6) is -0.221. The summed E-state index contributed by atoms with van der Waals surface area (Å²) in [6.07, 6.45) is 48.5. The van der Waals surface area contributed by atoms with Gasteiger partial charge in [0.15, 0.2) is 0 Å². The molecule has 48 heavy (non-hydrogen) atoms. The maximum atomic E-state index is 12.5. The molecule has 0 saturated carbocycles. The molecule has 1 aliphatic heterocycles. The number of nitrogens with zero attached hydrogens (tertiary/aromatic N) is 1. The summed E-state index contributed by atoms with van der Waals surface area (Å²) in [6, 6.07) is 0. The highest BCUT2D eigenvalue weighted by molar-refractivity contribution is 5.69. The minimum Gasteiger partial charge on any atom is -0.481 e. The van der Waals surface area contributed by atoms with Crippen LogP contribution in [-0.2, 0) is 14.3 Å². The van der Waals surface area contributed by atoms with Crippen LogP contribution in [0.1, 0.15) is 180 Å². The molecule has 1 heterocycles. The number of hydrogen-bond donors (Lipinski definition) is 1. The molecule has 0 aromatic heterocycles. The highest BCUT2D eigenvalue weighted by Gasteiger charge is 2.19. The maximum absolute atomic E-state index is 12.5. The number of ether oxygens (including phenoxy) is 1. The Morgan fingerprint density at radius 1 is 0.604 bits per heavy atom. The third kappa shape index (κ3) is 31.1. The van der Waals surface area contributed by atoms with Crippen molar-refractivity contribution in [2.24, 2.45) is 5.92 Å². The van der Waals surface area contributed by atoms with Crippen LogP contribution < -0.4 is 0 Å². The minimum absolute atomic E-state index is 0.000673. The second kappa shape index (κ2) is 34.7. The van der Waals surface area contributed by atoms with E-state index in [1.807, 2.05) is 0 Å². The molecule has 1 fully saturated rings. The first-order chi connectivity index (χ1) is 23.6. The molecule has 1 N–H and O–H groups in total. The van der Waals surface area contributed by atoms with E-state index >= 15 is 0 Å². The molecule has 5 nitrogen and oxygen atoms in total. The van der Waals surface area contributed by atoms with Gasteiger partial charge in [-0.3, -0.25) is 9.59 Å². The van der Waals surface area contributed by atoms with E-state index < -0.39 is 5.97 Å². The van der Waals surface area contributed by atoms with Crippen LogP contribution in [0.25, 0.3) is 0 Å². The lowest BCUT2D eigenvalue weighted by atomic mass is 10.0. The first-order valence-electron chi connectivity index (χ1n) is 20.3. The lowest BCUT2D eigenvalue weighted by Crippen LogP contribution is -2.30. The zero-order valence-electron chi connectivity index (χ0n) is 31.2. The number of rotatable bonds is 34. The average Bonchev–Trinajstić information content (AvgIpc) is 3.59. The highest BCUT2D eigenvalue weighted by Crippen LogP contribution is 2.18. The van der Waals surface area contributed by atoms with Crippen molar-refractivity contribution in [2.75, 3.05) is 26.2 Å². The van der Waals surface area contributed by atoms with Gasteiger partial charge in [-0.05, 0) is 109 Å². The van der Waals surface area contributed by atoms with Gasteiger partial charge in [0.1, 0.15) is 0 Å². The first kappa shape index (κ1) is 43.9. The third-order valence-electron chi connectivity index (χ3n) is 9.38. The summed E-state index contributed by atoms with van der Waals surface area (Å²) in [5.41, 5.74) is 0.